The van der Waals surface area contributed by atoms with Gasteiger partial charge in [0.05, 0.1) is 0 Å². The Balaban J connectivity index is 1.94. The molecule has 1 saturated heterocycles. The largest absolute Gasteiger partial charge is 0.396 e. The molecule has 2 amide bonds. The van der Waals surface area contributed by atoms with E-state index in [0.29, 0.717) is 13.0 Å². The standard InChI is InChI=1S/C15H26N2O3/c1-10(2)12(7-9-18)16-14(19)13-4-3-8-17(13)15(20)11-5-6-11/h10-13,18H,3-9H2,1-2H3,(H,16,19). The van der Waals surface area contributed by atoms with Crippen molar-refractivity contribution >= 4 is 11.8 Å². The summed E-state index contributed by atoms with van der Waals surface area (Å²) in [6, 6.07) is -0.325. The lowest BCUT2D eigenvalue weighted by Gasteiger charge is -2.28. The lowest BCUT2D eigenvalue weighted by atomic mass is 10.0. The van der Waals surface area contributed by atoms with Gasteiger partial charge in [0.1, 0.15) is 6.04 Å². The normalized spacial score (nSPS) is 24.0. The monoisotopic (exact) mass is 282 g/mol. The molecule has 0 aromatic heterocycles. The van der Waals surface area contributed by atoms with E-state index in [4.69, 9.17) is 5.11 Å². The fraction of sp³-hybridized carbons (Fsp3) is 0.867. The van der Waals surface area contributed by atoms with E-state index in [1.165, 1.54) is 0 Å². The molecule has 0 aromatic carbocycles. The predicted molar refractivity (Wildman–Crippen MR) is 75.9 cm³/mol. The van der Waals surface area contributed by atoms with Crippen molar-refractivity contribution in [1.29, 1.82) is 0 Å². The van der Waals surface area contributed by atoms with Crippen LogP contribution in [0.1, 0.15) is 46.0 Å². The van der Waals surface area contributed by atoms with Gasteiger partial charge in [0.15, 0.2) is 0 Å². The predicted octanol–water partition coefficient (Wildman–Crippen LogP) is 0.911. The minimum Gasteiger partial charge on any atom is -0.396 e. The summed E-state index contributed by atoms with van der Waals surface area (Å²) in [5.41, 5.74) is 0. The van der Waals surface area contributed by atoms with E-state index in [1.807, 2.05) is 13.8 Å². The molecule has 1 aliphatic heterocycles. The molecule has 2 N–H and O–H groups in total. The first-order valence-electron chi connectivity index (χ1n) is 7.76. The highest BCUT2D eigenvalue weighted by molar-refractivity contribution is 5.90. The Morgan fingerprint density at radius 3 is 2.55 bits per heavy atom. The Morgan fingerprint density at radius 2 is 2.00 bits per heavy atom. The molecule has 2 unspecified atom stereocenters. The molecule has 0 radical (unpaired) electrons. The lowest BCUT2D eigenvalue weighted by Crippen LogP contribution is -2.50. The van der Waals surface area contributed by atoms with Gasteiger partial charge in [0.25, 0.3) is 0 Å². The van der Waals surface area contributed by atoms with Gasteiger partial charge in [-0.15, -0.1) is 0 Å². The SMILES string of the molecule is CC(C)C(CCO)NC(=O)C1CCCN1C(=O)C1CC1. The molecule has 2 aliphatic rings. The minimum absolute atomic E-state index is 0.0222. The van der Waals surface area contributed by atoms with Crippen LogP contribution in [0, 0.1) is 11.8 Å². The maximum atomic E-state index is 12.4. The summed E-state index contributed by atoms with van der Waals surface area (Å²) in [7, 11) is 0. The summed E-state index contributed by atoms with van der Waals surface area (Å²) in [6.45, 7) is 4.84. The van der Waals surface area contributed by atoms with Crippen molar-refractivity contribution in [3.63, 3.8) is 0 Å². The smallest absolute Gasteiger partial charge is 0.243 e. The van der Waals surface area contributed by atoms with Crippen LogP contribution in [0.2, 0.25) is 0 Å². The highest BCUT2D eigenvalue weighted by Crippen LogP contribution is 2.33. The van der Waals surface area contributed by atoms with E-state index in [9.17, 15) is 9.59 Å². The van der Waals surface area contributed by atoms with E-state index in [0.717, 1.165) is 25.7 Å². The molecule has 20 heavy (non-hydrogen) atoms. The zero-order valence-corrected chi connectivity index (χ0v) is 12.5. The van der Waals surface area contributed by atoms with E-state index in [2.05, 4.69) is 5.32 Å². The fourth-order valence-electron chi connectivity index (χ4n) is 2.86. The summed E-state index contributed by atoms with van der Waals surface area (Å²) < 4.78 is 0. The van der Waals surface area contributed by atoms with Crippen LogP contribution in [0.25, 0.3) is 0 Å². The molecule has 5 nitrogen and oxygen atoms in total. The number of hydrogen-bond acceptors (Lipinski definition) is 3. The molecule has 1 aliphatic carbocycles. The maximum absolute atomic E-state index is 12.4. The number of hydrogen-bond donors (Lipinski definition) is 2. The number of nitrogens with one attached hydrogen (secondary N) is 1. The molecule has 0 spiro atoms. The molecule has 0 aromatic rings. The van der Waals surface area contributed by atoms with Crippen LogP contribution in [0.5, 0.6) is 0 Å². The number of carbonyl (C=O) groups is 2. The van der Waals surface area contributed by atoms with Crippen LogP contribution < -0.4 is 5.32 Å². The number of carbonyl (C=O) groups excluding carboxylic acids is 2. The van der Waals surface area contributed by atoms with Crippen molar-refractivity contribution in [2.45, 2.75) is 58.0 Å². The minimum atomic E-state index is -0.303. The summed E-state index contributed by atoms with van der Waals surface area (Å²) >= 11 is 0. The molecule has 1 heterocycles. The Labute approximate surface area is 120 Å². The lowest BCUT2D eigenvalue weighted by molar-refractivity contribution is -0.139. The third-order valence-electron chi connectivity index (χ3n) is 4.34. The first-order valence-corrected chi connectivity index (χ1v) is 7.76. The van der Waals surface area contributed by atoms with Gasteiger partial charge in [0.2, 0.25) is 11.8 Å². The van der Waals surface area contributed by atoms with Gasteiger partial charge in [0, 0.05) is 25.1 Å². The number of amides is 2. The van der Waals surface area contributed by atoms with Crippen LogP contribution >= 0.6 is 0 Å². The molecule has 2 fully saturated rings. The van der Waals surface area contributed by atoms with Gasteiger partial charge in [-0.1, -0.05) is 13.8 Å². The van der Waals surface area contributed by atoms with E-state index < -0.39 is 0 Å². The van der Waals surface area contributed by atoms with Gasteiger partial charge in [-0.25, -0.2) is 0 Å². The Bertz CT molecular complexity index is 366. The van der Waals surface area contributed by atoms with Crippen LogP contribution in [-0.2, 0) is 9.59 Å². The van der Waals surface area contributed by atoms with Gasteiger partial charge in [-0.05, 0) is 38.0 Å². The van der Waals surface area contributed by atoms with Crippen LogP contribution in [-0.4, -0.2) is 47.1 Å². The quantitative estimate of drug-likeness (QED) is 0.761. The Morgan fingerprint density at radius 1 is 1.30 bits per heavy atom. The molecule has 2 rings (SSSR count). The average molecular weight is 282 g/mol. The van der Waals surface area contributed by atoms with Crippen molar-refractivity contribution in [2.75, 3.05) is 13.2 Å². The molecule has 5 heteroatoms. The Hall–Kier alpha value is -1.10. The van der Waals surface area contributed by atoms with Gasteiger partial charge >= 0.3 is 0 Å². The zero-order chi connectivity index (χ0) is 14.7. The first kappa shape index (κ1) is 15.3. The molecular formula is C15H26N2O3. The second-order valence-electron chi connectivity index (χ2n) is 6.34. The summed E-state index contributed by atoms with van der Waals surface area (Å²) in [6.07, 6.45) is 4.18. The zero-order valence-electron chi connectivity index (χ0n) is 12.5. The average Bonchev–Trinajstić information content (AvgIpc) is 3.14. The van der Waals surface area contributed by atoms with Gasteiger partial charge < -0.3 is 15.3 Å². The second-order valence-corrected chi connectivity index (χ2v) is 6.34. The van der Waals surface area contributed by atoms with Crippen molar-refractivity contribution in [3.05, 3.63) is 0 Å². The molecule has 2 atom stereocenters. The van der Waals surface area contributed by atoms with Crippen LogP contribution in [0.4, 0.5) is 0 Å². The van der Waals surface area contributed by atoms with Gasteiger partial charge in [-0.3, -0.25) is 9.59 Å². The van der Waals surface area contributed by atoms with E-state index >= 15 is 0 Å². The topological polar surface area (TPSA) is 69.6 Å². The number of rotatable bonds is 6. The van der Waals surface area contributed by atoms with Crippen molar-refractivity contribution in [1.82, 2.24) is 10.2 Å². The summed E-state index contributed by atoms with van der Waals surface area (Å²) in [5.74, 6) is 0.552. The second kappa shape index (κ2) is 6.57. The van der Waals surface area contributed by atoms with Crippen molar-refractivity contribution < 1.29 is 14.7 Å². The van der Waals surface area contributed by atoms with Crippen molar-refractivity contribution in [3.8, 4) is 0 Å². The molecule has 114 valence electrons. The fourth-order valence-corrected chi connectivity index (χ4v) is 2.86. The van der Waals surface area contributed by atoms with E-state index in [-0.39, 0.29) is 42.3 Å². The summed E-state index contributed by atoms with van der Waals surface area (Å²) in [5, 5.41) is 12.1. The first-order chi connectivity index (χ1) is 9.54. The Kier molecular flexibility index (Phi) is 5.02. The third kappa shape index (κ3) is 3.51. The number of nitrogens with zero attached hydrogens (tertiary/aromatic N) is 1. The maximum Gasteiger partial charge on any atom is 0.243 e. The summed E-state index contributed by atoms with van der Waals surface area (Å²) in [4.78, 5) is 26.3. The van der Waals surface area contributed by atoms with Crippen molar-refractivity contribution in [2.24, 2.45) is 11.8 Å². The highest BCUT2D eigenvalue weighted by atomic mass is 16.3. The van der Waals surface area contributed by atoms with E-state index in [1.54, 1.807) is 4.90 Å². The van der Waals surface area contributed by atoms with Gasteiger partial charge in [-0.2, -0.15) is 0 Å². The highest BCUT2D eigenvalue weighted by Gasteiger charge is 2.41. The van der Waals surface area contributed by atoms with Crippen LogP contribution in [0.3, 0.4) is 0 Å². The van der Waals surface area contributed by atoms with Crippen LogP contribution in [0.15, 0.2) is 0 Å². The molecule has 0 bridgehead atoms. The third-order valence-corrected chi connectivity index (χ3v) is 4.34. The molecule has 1 saturated carbocycles. The number of aliphatic hydroxyl groups excluding tert-OH is 1. The number of likely N-dealkylation sites (tertiary alicyclic amines) is 1. The number of aliphatic hydroxyl groups is 1. The molecular weight excluding hydrogens is 256 g/mol.